The summed E-state index contributed by atoms with van der Waals surface area (Å²) in [6.07, 6.45) is 0.923. The molecule has 0 fully saturated rings. The van der Waals surface area contributed by atoms with Crippen molar-refractivity contribution in [1.29, 1.82) is 0 Å². The monoisotopic (exact) mass is 262 g/mol. The van der Waals surface area contributed by atoms with Crippen molar-refractivity contribution in [1.82, 2.24) is 4.98 Å². The van der Waals surface area contributed by atoms with Crippen molar-refractivity contribution in [3.63, 3.8) is 0 Å². The highest BCUT2D eigenvalue weighted by Gasteiger charge is 2.04. The third kappa shape index (κ3) is 3.07. The second kappa shape index (κ2) is 5.64. The zero-order valence-corrected chi connectivity index (χ0v) is 10.8. The first kappa shape index (κ1) is 12.6. The standard InChI is InChI=1S/C13H14N2O2S/c1-2-11-8-18-13(15-11)14-7-9-4-3-5-10(6-9)12(16)17/h3-6,8H,2,7H2,1H3,(H,14,15)(H,16,17). The Morgan fingerprint density at radius 1 is 1.50 bits per heavy atom. The maximum absolute atomic E-state index is 10.8. The van der Waals surface area contributed by atoms with Gasteiger partial charge in [-0.2, -0.15) is 0 Å². The minimum atomic E-state index is -0.903. The molecule has 0 aliphatic heterocycles. The number of carboxylic acids is 1. The van der Waals surface area contributed by atoms with Crippen molar-refractivity contribution in [2.75, 3.05) is 5.32 Å². The van der Waals surface area contributed by atoms with E-state index >= 15 is 0 Å². The Bertz CT molecular complexity index is 551. The molecule has 0 bridgehead atoms. The molecule has 94 valence electrons. The lowest BCUT2D eigenvalue weighted by molar-refractivity contribution is 0.0697. The number of benzene rings is 1. The maximum Gasteiger partial charge on any atom is 0.335 e. The van der Waals surface area contributed by atoms with E-state index in [-0.39, 0.29) is 0 Å². The van der Waals surface area contributed by atoms with Crippen LogP contribution in [0.15, 0.2) is 29.6 Å². The molecule has 0 unspecified atom stereocenters. The number of nitrogens with zero attached hydrogens (tertiary/aromatic N) is 1. The number of aryl methyl sites for hydroxylation is 1. The molecule has 0 atom stereocenters. The van der Waals surface area contributed by atoms with Gasteiger partial charge in [-0.1, -0.05) is 19.1 Å². The zero-order valence-electron chi connectivity index (χ0n) is 10.0. The van der Waals surface area contributed by atoms with E-state index in [4.69, 9.17) is 5.11 Å². The summed E-state index contributed by atoms with van der Waals surface area (Å²) in [5.74, 6) is -0.903. The predicted octanol–water partition coefficient (Wildman–Crippen LogP) is 3.02. The van der Waals surface area contributed by atoms with Crippen LogP contribution in [0.25, 0.3) is 0 Å². The molecule has 1 heterocycles. The summed E-state index contributed by atoms with van der Waals surface area (Å²) < 4.78 is 0. The van der Waals surface area contributed by atoms with Gasteiger partial charge in [-0.15, -0.1) is 11.3 Å². The number of nitrogens with one attached hydrogen (secondary N) is 1. The number of aromatic carboxylic acids is 1. The summed E-state index contributed by atoms with van der Waals surface area (Å²) in [4.78, 5) is 15.2. The molecule has 1 aromatic carbocycles. The lowest BCUT2D eigenvalue weighted by atomic mass is 10.1. The van der Waals surface area contributed by atoms with Gasteiger partial charge in [0.15, 0.2) is 5.13 Å². The third-order valence-electron chi connectivity index (χ3n) is 2.53. The Hall–Kier alpha value is -1.88. The SMILES string of the molecule is CCc1csc(NCc2cccc(C(=O)O)c2)n1. The predicted molar refractivity (Wildman–Crippen MR) is 72.2 cm³/mol. The van der Waals surface area contributed by atoms with Crippen LogP contribution in [0.4, 0.5) is 5.13 Å². The fourth-order valence-corrected chi connectivity index (χ4v) is 2.34. The van der Waals surface area contributed by atoms with Crippen LogP contribution in [0.1, 0.15) is 28.5 Å². The smallest absolute Gasteiger partial charge is 0.335 e. The number of carbonyl (C=O) groups is 1. The molecule has 1 aromatic heterocycles. The fraction of sp³-hybridized carbons (Fsp3) is 0.231. The summed E-state index contributed by atoms with van der Waals surface area (Å²) in [5.41, 5.74) is 2.31. The largest absolute Gasteiger partial charge is 0.478 e. The van der Waals surface area contributed by atoms with Gasteiger partial charge in [0.1, 0.15) is 0 Å². The quantitative estimate of drug-likeness (QED) is 0.869. The molecule has 0 saturated carbocycles. The lowest BCUT2D eigenvalue weighted by Crippen LogP contribution is -2.02. The number of thiazole rings is 1. The van der Waals surface area contributed by atoms with E-state index < -0.39 is 5.97 Å². The van der Waals surface area contributed by atoms with E-state index in [1.807, 2.05) is 11.4 Å². The Morgan fingerprint density at radius 2 is 2.33 bits per heavy atom. The molecule has 0 spiro atoms. The molecule has 0 aliphatic carbocycles. The van der Waals surface area contributed by atoms with E-state index in [9.17, 15) is 4.79 Å². The first-order chi connectivity index (χ1) is 8.69. The highest BCUT2D eigenvalue weighted by atomic mass is 32.1. The van der Waals surface area contributed by atoms with Gasteiger partial charge in [-0.25, -0.2) is 9.78 Å². The van der Waals surface area contributed by atoms with Crippen LogP contribution in [0, 0.1) is 0 Å². The second-order valence-corrected chi connectivity index (χ2v) is 4.71. The number of hydrogen-bond acceptors (Lipinski definition) is 4. The van der Waals surface area contributed by atoms with Crippen molar-refractivity contribution in [2.45, 2.75) is 19.9 Å². The van der Waals surface area contributed by atoms with Crippen molar-refractivity contribution in [3.05, 3.63) is 46.5 Å². The molecule has 0 aliphatic rings. The molecular weight excluding hydrogens is 248 g/mol. The highest BCUT2D eigenvalue weighted by Crippen LogP contribution is 2.17. The van der Waals surface area contributed by atoms with Gasteiger partial charge in [0, 0.05) is 11.9 Å². The fourth-order valence-electron chi connectivity index (χ4n) is 1.54. The highest BCUT2D eigenvalue weighted by molar-refractivity contribution is 7.13. The molecule has 0 saturated heterocycles. The van der Waals surface area contributed by atoms with Gasteiger partial charge in [0.25, 0.3) is 0 Å². The average Bonchev–Trinajstić information content (AvgIpc) is 2.84. The van der Waals surface area contributed by atoms with Crippen LogP contribution in [0.5, 0.6) is 0 Å². The Balaban J connectivity index is 2.01. The molecule has 4 nitrogen and oxygen atoms in total. The van der Waals surface area contributed by atoms with Crippen molar-refractivity contribution in [2.24, 2.45) is 0 Å². The topological polar surface area (TPSA) is 62.2 Å². The van der Waals surface area contributed by atoms with Crippen molar-refractivity contribution in [3.8, 4) is 0 Å². The number of rotatable bonds is 5. The Labute approximate surface area is 109 Å². The molecule has 0 radical (unpaired) electrons. The lowest BCUT2D eigenvalue weighted by Gasteiger charge is -2.03. The van der Waals surface area contributed by atoms with Gasteiger partial charge in [-0.05, 0) is 24.1 Å². The Kier molecular flexibility index (Phi) is 3.94. The minimum absolute atomic E-state index is 0.308. The zero-order chi connectivity index (χ0) is 13.0. The number of aromatic nitrogens is 1. The van der Waals surface area contributed by atoms with E-state index in [2.05, 4.69) is 17.2 Å². The first-order valence-corrected chi connectivity index (χ1v) is 6.57. The molecular formula is C13H14N2O2S. The average molecular weight is 262 g/mol. The molecule has 2 rings (SSSR count). The Morgan fingerprint density at radius 3 is 3.00 bits per heavy atom. The van der Waals surface area contributed by atoms with Crippen molar-refractivity contribution < 1.29 is 9.90 Å². The normalized spacial score (nSPS) is 10.3. The van der Waals surface area contributed by atoms with Gasteiger partial charge < -0.3 is 10.4 Å². The number of anilines is 1. The van der Waals surface area contributed by atoms with E-state index in [0.717, 1.165) is 22.8 Å². The summed E-state index contributed by atoms with van der Waals surface area (Å²) in [6, 6.07) is 6.90. The van der Waals surface area contributed by atoms with Gasteiger partial charge >= 0.3 is 5.97 Å². The summed E-state index contributed by atoms with van der Waals surface area (Å²) in [6.45, 7) is 2.65. The van der Waals surface area contributed by atoms with Crippen molar-refractivity contribution >= 4 is 22.4 Å². The molecule has 5 heteroatoms. The number of carboxylic acid groups (broad SMARTS) is 1. The van der Waals surface area contributed by atoms with E-state index in [1.165, 1.54) is 0 Å². The van der Waals surface area contributed by atoms with Crippen LogP contribution in [-0.4, -0.2) is 16.1 Å². The van der Waals surface area contributed by atoms with E-state index in [0.29, 0.717) is 12.1 Å². The van der Waals surface area contributed by atoms with E-state index in [1.54, 1.807) is 29.5 Å². The van der Waals surface area contributed by atoms with Crippen LogP contribution in [0.3, 0.4) is 0 Å². The summed E-state index contributed by atoms with van der Waals surface area (Å²) in [5, 5.41) is 15.0. The molecule has 18 heavy (non-hydrogen) atoms. The molecule has 2 N–H and O–H groups in total. The van der Waals surface area contributed by atoms with Crippen LogP contribution in [0.2, 0.25) is 0 Å². The molecule has 0 amide bonds. The van der Waals surface area contributed by atoms with Crippen LogP contribution < -0.4 is 5.32 Å². The van der Waals surface area contributed by atoms with Crippen LogP contribution >= 0.6 is 11.3 Å². The van der Waals surface area contributed by atoms with Gasteiger partial charge in [0.2, 0.25) is 0 Å². The van der Waals surface area contributed by atoms with Crippen LogP contribution in [-0.2, 0) is 13.0 Å². The number of hydrogen-bond donors (Lipinski definition) is 2. The minimum Gasteiger partial charge on any atom is -0.478 e. The molecule has 2 aromatic rings. The first-order valence-electron chi connectivity index (χ1n) is 5.69. The maximum atomic E-state index is 10.8. The third-order valence-corrected chi connectivity index (χ3v) is 3.38. The summed E-state index contributed by atoms with van der Waals surface area (Å²) >= 11 is 1.57. The van der Waals surface area contributed by atoms with Gasteiger partial charge in [-0.3, -0.25) is 0 Å². The van der Waals surface area contributed by atoms with Gasteiger partial charge in [0.05, 0.1) is 11.3 Å². The second-order valence-electron chi connectivity index (χ2n) is 3.86. The summed E-state index contributed by atoms with van der Waals surface area (Å²) in [7, 11) is 0.